The maximum Gasteiger partial charge on any atom is 0.258 e. The van der Waals surface area contributed by atoms with Crippen molar-refractivity contribution < 1.29 is 0 Å². The van der Waals surface area contributed by atoms with E-state index in [1.807, 2.05) is 50.2 Å². The second kappa shape index (κ2) is 7.90. The van der Waals surface area contributed by atoms with Gasteiger partial charge in [-0.15, -0.1) is 0 Å². The Morgan fingerprint density at radius 3 is 2.61 bits per heavy atom. The summed E-state index contributed by atoms with van der Waals surface area (Å²) in [5, 5.41) is 11.4. The quantitative estimate of drug-likeness (QED) is 0.392. The molecule has 0 radical (unpaired) electrons. The van der Waals surface area contributed by atoms with Crippen molar-refractivity contribution in [3.63, 3.8) is 0 Å². The fraction of sp³-hybridized carbons (Fsp3) is 0.120. The van der Waals surface area contributed by atoms with Crippen molar-refractivity contribution in [1.29, 1.82) is 0 Å². The molecule has 0 aliphatic heterocycles. The van der Waals surface area contributed by atoms with Crippen LogP contribution in [-0.4, -0.2) is 24.7 Å². The molecule has 0 amide bonds. The first-order chi connectivity index (χ1) is 15.9. The summed E-state index contributed by atoms with van der Waals surface area (Å²) in [5.74, 6) is 0.593. The number of hydrogen-bond acceptors (Lipinski definition) is 5. The Hall–Kier alpha value is -4.46. The van der Waals surface area contributed by atoms with Crippen LogP contribution in [0.4, 0.5) is 11.5 Å². The standard InChI is InChI=1S/C25H22N6O2/c1-14-7-8-17(27-23-12-21(29-30-23)20-5-4-6-24(32)28-20)11-18(14)19-10-16-13-26-15(2)9-22(16)31(3)25(19)33/h4-13H,1-3H3,(H,28,32)(H2,27,29,30). The Balaban J connectivity index is 1.52. The van der Waals surface area contributed by atoms with Crippen molar-refractivity contribution in [3.05, 3.63) is 92.8 Å². The number of aromatic nitrogens is 5. The minimum absolute atomic E-state index is 0.0663. The summed E-state index contributed by atoms with van der Waals surface area (Å²) < 4.78 is 1.67. The Bertz CT molecular complexity index is 1630. The SMILES string of the molecule is Cc1cc2c(cn1)cc(-c1cc(Nc3cc(-c4cccc(=O)[nH]4)[nH]n3)ccc1C)c(=O)n2C. The molecule has 5 rings (SSSR count). The minimum atomic E-state index is -0.179. The smallest absolute Gasteiger partial charge is 0.258 e. The number of rotatable bonds is 4. The van der Waals surface area contributed by atoms with E-state index in [0.717, 1.165) is 33.4 Å². The minimum Gasteiger partial charge on any atom is -0.339 e. The summed E-state index contributed by atoms with van der Waals surface area (Å²) in [6.07, 6.45) is 1.80. The number of nitrogens with one attached hydrogen (secondary N) is 3. The van der Waals surface area contributed by atoms with Crippen LogP contribution >= 0.6 is 0 Å². The van der Waals surface area contributed by atoms with Crippen LogP contribution in [0.25, 0.3) is 33.4 Å². The van der Waals surface area contributed by atoms with Crippen molar-refractivity contribution in [2.24, 2.45) is 7.05 Å². The van der Waals surface area contributed by atoms with E-state index >= 15 is 0 Å². The Morgan fingerprint density at radius 1 is 0.939 bits per heavy atom. The van der Waals surface area contributed by atoms with E-state index in [9.17, 15) is 9.59 Å². The van der Waals surface area contributed by atoms with Crippen LogP contribution in [0.3, 0.4) is 0 Å². The lowest BCUT2D eigenvalue weighted by Gasteiger charge is -2.13. The molecule has 3 N–H and O–H groups in total. The van der Waals surface area contributed by atoms with Gasteiger partial charge in [0.25, 0.3) is 5.56 Å². The van der Waals surface area contributed by atoms with Crippen LogP contribution in [0.1, 0.15) is 11.3 Å². The second-order valence-corrected chi connectivity index (χ2v) is 8.06. The van der Waals surface area contributed by atoms with Gasteiger partial charge >= 0.3 is 0 Å². The number of nitrogens with zero attached hydrogens (tertiary/aromatic N) is 3. The third-order valence-corrected chi connectivity index (χ3v) is 5.68. The van der Waals surface area contributed by atoms with Crippen LogP contribution in [0.15, 0.2) is 70.4 Å². The van der Waals surface area contributed by atoms with E-state index < -0.39 is 0 Å². The molecular weight excluding hydrogens is 416 g/mol. The van der Waals surface area contributed by atoms with Gasteiger partial charge in [0, 0.05) is 47.7 Å². The van der Waals surface area contributed by atoms with Crippen LogP contribution in [0.5, 0.6) is 0 Å². The molecule has 8 nitrogen and oxygen atoms in total. The molecule has 0 atom stereocenters. The normalized spacial score (nSPS) is 11.1. The first-order valence-corrected chi connectivity index (χ1v) is 10.5. The molecule has 0 aliphatic carbocycles. The van der Waals surface area contributed by atoms with Crippen LogP contribution in [0.2, 0.25) is 0 Å². The van der Waals surface area contributed by atoms with E-state index in [1.165, 1.54) is 6.07 Å². The van der Waals surface area contributed by atoms with Gasteiger partial charge in [0.05, 0.1) is 16.9 Å². The van der Waals surface area contributed by atoms with Crippen LogP contribution in [-0.2, 0) is 7.05 Å². The number of pyridine rings is 3. The molecule has 1 aromatic carbocycles. The Labute approximate surface area is 189 Å². The molecule has 4 heterocycles. The molecule has 0 saturated carbocycles. The topological polar surface area (TPSA) is 108 Å². The molecule has 0 fully saturated rings. The Kier molecular flexibility index (Phi) is 4.90. The highest BCUT2D eigenvalue weighted by atomic mass is 16.1. The van der Waals surface area contributed by atoms with Crippen LogP contribution in [0, 0.1) is 13.8 Å². The number of aromatic amines is 2. The predicted octanol–water partition coefficient (Wildman–Crippen LogP) is 4.04. The zero-order chi connectivity index (χ0) is 23.1. The number of benzene rings is 1. The van der Waals surface area contributed by atoms with Gasteiger partial charge < -0.3 is 14.9 Å². The molecule has 164 valence electrons. The van der Waals surface area contributed by atoms with Crippen LogP contribution < -0.4 is 16.4 Å². The third-order valence-electron chi connectivity index (χ3n) is 5.68. The van der Waals surface area contributed by atoms with Crippen molar-refractivity contribution in [3.8, 4) is 22.5 Å². The van der Waals surface area contributed by atoms with Gasteiger partial charge in [0.2, 0.25) is 5.56 Å². The van der Waals surface area contributed by atoms with E-state index in [4.69, 9.17) is 0 Å². The zero-order valence-electron chi connectivity index (χ0n) is 18.4. The summed E-state index contributed by atoms with van der Waals surface area (Å²) >= 11 is 0. The maximum absolute atomic E-state index is 13.2. The van der Waals surface area contributed by atoms with E-state index in [1.54, 1.807) is 29.9 Å². The molecule has 0 saturated heterocycles. The summed E-state index contributed by atoms with van der Waals surface area (Å²) in [6.45, 7) is 3.89. The Morgan fingerprint density at radius 2 is 1.79 bits per heavy atom. The largest absolute Gasteiger partial charge is 0.339 e. The molecule has 0 unspecified atom stereocenters. The van der Waals surface area contributed by atoms with Crippen molar-refractivity contribution >= 4 is 22.4 Å². The lowest BCUT2D eigenvalue weighted by Crippen LogP contribution is -2.19. The fourth-order valence-corrected chi connectivity index (χ4v) is 3.92. The van der Waals surface area contributed by atoms with Crippen molar-refractivity contribution in [1.82, 2.24) is 24.7 Å². The predicted molar refractivity (Wildman–Crippen MR) is 130 cm³/mol. The third kappa shape index (κ3) is 3.82. The lowest BCUT2D eigenvalue weighted by atomic mass is 9.99. The molecule has 33 heavy (non-hydrogen) atoms. The van der Waals surface area contributed by atoms with Gasteiger partial charge in [-0.3, -0.25) is 19.7 Å². The monoisotopic (exact) mass is 438 g/mol. The molecule has 0 spiro atoms. The van der Waals surface area contributed by atoms with Gasteiger partial charge in [-0.05, 0) is 55.3 Å². The van der Waals surface area contributed by atoms with Gasteiger partial charge in [0.15, 0.2) is 5.82 Å². The highest BCUT2D eigenvalue weighted by molar-refractivity contribution is 5.85. The first-order valence-electron chi connectivity index (χ1n) is 10.5. The number of aryl methyl sites for hydroxylation is 3. The summed E-state index contributed by atoms with van der Waals surface area (Å²) in [4.78, 5) is 31.9. The summed E-state index contributed by atoms with van der Waals surface area (Å²) in [5.41, 5.74) is 6.04. The average Bonchev–Trinajstić information content (AvgIpc) is 3.27. The second-order valence-electron chi connectivity index (χ2n) is 8.06. The number of anilines is 2. The fourth-order valence-electron chi connectivity index (χ4n) is 3.92. The zero-order valence-corrected chi connectivity index (χ0v) is 18.4. The summed E-state index contributed by atoms with van der Waals surface area (Å²) in [7, 11) is 1.78. The molecular formula is C25H22N6O2. The van der Waals surface area contributed by atoms with Gasteiger partial charge in [-0.1, -0.05) is 12.1 Å². The van der Waals surface area contributed by atoms with Gasteiger partial charge in [0.1, 0.15) is 0 Å². The van der Waals surface area contributed by atoms with Gasteiger partial charge in [-0.25, -0.2) is 0 Å². The van der Waals surface area contributed by atoms with E-state index in [2.05, 4.69) is 25.5 Å². The van der Waals surface area contributed by atoms with E-state index in [-0.39, 0.29) is 11.1 Å². The molecule has 0 bridgehead atoms. The van der Waals surface area contributed by atoms with Crippen molar-refractivity contribution in [2.75, 3.05) is 5.32 Å². The number of hydrogen-bond donors (Lipinski definition) is 3. The maximum atomic E-state index is 13.2. The molecule has 4 aromatic heterocycles. The number of fused-ring (bicyclic) bond motifs is 1. The molecule has 5 aromatic rings. The highest BCUT2D eigenvalue weighted by Crippen LogP contribution is 2.28. The summed E-state index contributed by atoms with van der Waals surface area (Å²) in [6, 6.07) is 16.4. The highest BCUT2D eigenvalue weighted by Gasteiger charge is 2.13. The lowest BCUT2D eigenvalue weighted by molar-refractivity contribution is 0.905. The van der Waals surface area contributed by atoms with Gasteiger partial charge in [-0.2, -0.15) is 5.10 Å². The first kappa shape index (κ1) is 20.4. The number of H-pyrrole nitrogens is 2. The molecule has 0 aliphatic rings. The van der Waals surface area contributed by atoms with E-state index in [0.29, 0.717) is 22.8 Å². The van der Waals surface area contributed by atoms with Crippen molar-refractivity contribution in [2.45, 2.75) is 13.8 Å². The average molecular weight is 438 g/mol. The molecule has 8 heteroatoms.